The Morgan fingerprint density at radius 3 is 2.60 bits per heavy atom. The fraction of sp³-hybridized carbons (Fsp3) is 0.647. The Bertz CT molecular complexity index is 425. The van der Waals surface area contributed by atoms with Crippen LogP contribution in [0.25, 0.3) is 0 Å². The maximum absolute atomic E-state index is 6.31. The molecular formula is C17H26BrNO. The highest BCUT2D eigenvalue weighted by atomic mass is 79.9. The maximum atomic E-state index is 6.31. The van der Waals surface area contributed by atoms with E-state index in [2.05, 4.69) is 41.1 Å². The number of rotatable bonds is 5. The van der Waals surface area contributed by atoms with Crippen LogP contribution in [0.1, 0.15) is 51.5 Å². The predicted octanol–water partition coefficient (Wildman–Crippen LogP) is 4.69. The molecule has 0 amide bonds. The molecule has 0 bridgehead atoms. The van der Waals surface area contributed by atoms with Gasteiger partial charge in [0.05, 0.1) is 10.6 Å². The molecule has 1 aliphatic carbocycles. The highest BCUT2D eigenvalue weighted by molar-refractivity contribution is 9.10. The molecule has 2 nitrogen and oxygen atoms in total. The Kier molecular flexibility index (Phi) is 5.91. The number of nitrogens with two attached hydrogens (primary N) is 1. The molecule has 1 saturated carbocycles. The van der Waals surface area contributed by atoms with Gasteiger partial charge in [0.25, 0.3) is 0 Å². The summed E-state index contributed by atoms with van der Waals surface area (Å²) in [6.45, 7) is 4.33. The summed E-state index contributed by atoms with van der Waals surface area (Å²) in [6, 6.07) is 6.39. The van der Waals surface area contributed by atoms with Gasteiger partial charge in [-0.15, -0.1) is 0 Å². The van der Waals surface area contributed by atoms with E-state index in [9.17, 15) is 0 Å². The van der Waals surface area contributed by atoms with Gasteiger partial charge in [0.15, 0.2) is 0 Å². The Balaban J connectivity index is 2.05. The van der Waals surface area contributed by atoms with E-state index < -0.39 is 0 Å². The van der Waals surface area contributed by atoms with Gasteiger partial charge in [0.2, 0.25) is 0 Å². The van der Waals surface area contributed by atoms with Gasteiger partial charge in [0, 0.05) is 6.04 Å². The van der Waals surface area contributed by atoms with E-state index in [0.717, 1.165) is 22.6 Å². The lowest BCUT2D eigenvalue weighted by Crippen LogP contribution is -2.25. The third kappa shape index (κ3) is 4.23. The summed E-state index contributed by atoms with van der Waals surface area (Å²) in [7, 11) is 0. The quantitative estimate of drug-likeness (QED) is 0.844. The summed E-state index contributed by atoms with van der Waals surface area (Å²) in [5.41, 5.74) is 7.16. The van der Waals surface area contributed by atoms with Crippen molar-refractivity contribution in [3.8, 4) is 5.75 Å². The molecule has 0 saturated heterocycles. The molecule has 1 aliphatic rings. The second kappa shape index (κ2) is 7.46. The van der Waals surface area contributed by atoms with Crippen LogP contribution in [0, 0.1) is 5.92 Å². The minimum Gasteiger partial charge on any atom is -0.489 e. The van der Waals surface area contributed by atoms with Crippen molar-refractivity contribution in [1.82, 2.24) is 0 Å². The van der Waals surface area contributed by atoms with Crippen molar-refractivity contribution in [2.75, 3.05) is 0 Å². The molecule has 2 rings (SSSR count). The fourth-order valence-corrected chi connectivity index (χ4v) is 3.52. The fourth-order valence-electron chi connectivity index (χ4n) is 3.02. The lowest BCUT2D eigenvalue weighted by molar-refractivity contribution is 0.128. The monoisotopic (exact) mass is 339 g/mol. The molecule has 0 spiro atoms. The number of hydrogen-bond acceptors (Lipinski definition) is 2. The molecule has 20 heavy (non-hydrogen) atoms. The van der Waals surface area contributed by atoms with Crippen LogP contribution >= 0.6 is 15.9 Å². The molecule has 1 aromatic rings. The van der Waals surface area contributed by atoms with Gasteiger partial charge in [-0.25, -0.2) is 0 Å². The van der Waals surface area contributed by atoms with Crippen molar-refractivity contribution in [2.24, 2.45) is 11.7 Å². The first-order chi connectivity index (χ1) is 9.60. The Morgan fingerprint density at radius 2 is 2.00 bits per heavy atom. The summed E-state index contributed by atoms with van der Waals surface area (Å²) in [6.07, 6.45) is 7.48. The smallest absolute Gasteiger partial charge is 0.137 e. The molecule has 1 aromatic carbocycles. The molecular weight excluding hydrogens is 314 g/mol. The normalized spacial score (nSPS) is 24.4. The minimum atomic E-state index is 0.155. The molecule has 0 aliphatic heterocycles. The molecule has 3 heteroatoms. The van der Waals surface area contributed by atoms with E-state index in [-0.39, 0.29) is 6.04 Å². The van der Waals surface area contributed by atoms with Crippen LogP contribution in [0.2, 0.25) is 0 Å². The van der Waals surface area contributed by atoms with Crippen LogP contribution in [-0.2, 0) is 6.42 Å². The third-order valence-corrected chi connectivity index (χ3v) is 4.87. The maximum Gasteiger partial charge on any atom is 0.137 e. The van der Waals surface area contributed by atoms with Gasteiger partial charge >= 0.3 is 0 Å². The number of ether oxygens (including phenoxy) is 1. The molecule has 112 valence electrons. The van der Waals surface area contributed by atoms with Crippen molar-refractivity contribution in [3.63, 3.8) is 0 Å². The standard InChI is InChI=1S/C17H26BrNO/c1-3-13-7-9-15(10-8-13)20-17-14(11-12(2)19)5-4-6-16(17)18/h4-6,12-13,15H,3,7-11,19H2,1-2H3. The minimum absolute atomic E-state index is 0.155. The van der Waals surface area contributed by atoms with Crippen molar-refractivity contribution >= 4 is 15.9 Å². The number of benzene rings is 1. The Labute approximate surface area is 131 Å². The first kappa shape index (κ1) is 15.8. The second-order valence-electron chi connectivity index (χ2n) is 6.08. The van der Waals surface area contributed by atoms with Gasteiger partial charge in [-0.05, 0) is 72.5 Å². The average Bonchev–Trinajstić information content (AvgIpc) is 2.43. The van der Waals surface area contributed by atoms with Gasteiger partial charge in [-0.2, -0.15) is 0 Å². The highest BCUT2D eigenvalue weighted by Gasteiger charge is 2.22. The van der Waals surface area contributed by atoms with Crippen LogP contribution in [0.4, 0.5) is 0 Å². The Hall–Kier alpha value is -0.540. The number of halogens is 1. The molecule has 1 fully saturated rings. The average molecular weight is 340 g/mol. The Morgan fingerprint density at radius 1 is 1.30 bits per heavy atom. The molecule has 0 radical (unpaired) electrons. The highest BCUT2D eigenvalue weighted by Crippen LogP contribution is 2.35. The lowest BCUT2D eigenvalue weighted by atomic mass is 9.86. The third-order valence-electron chi connectivity index (χ3n) is 4.25. The zero-order valence-electron chi connectivity index (χ0n) is 12.6. The second-order valence-corrected chi connectivity index (χ2v) is 6.93. The van der Waals surface area contributed by atoms with Gasteiger partial charge < -0.3 is 10.5 Å². The lowest BCUT2D eigenvalue weighted by Gasteiger charge is -2.29. The van der Waals surface area contributed by atoms with Crippen molar-refractivity contribution in [2.45, 2.75) is 64.5 Å². The topological polar surface area (TPSA) is 35.2 Å². The van der Waals surface area contributed by atoms with Gasteiger partial charge in [-0.1, -0.05) is 25.5 Å². The van der Waals surface area contributed by atoms with Crippen LogP contribution in [-0.4, -0.2) is 12.1 Å². The van der Waals surface area contributed by atoms with Crippen LogP contribution in [0.15, 0.2) is 22.7 Å². The van der Waals surface area contributed by atoms with Crippen LogP contribution < -0.4 is 10.5 Å². The van der Waals surface area contributed by atoms with E-state index in [4.69, 9.17) is 10.5 Å². The number of hydrogen-bond donors (Lipinski definition) is 1. The predicted molar refractivity (Wildman–Crippen MR) is 88.2 cm³/mol. The molecule has 1 unspecified atom stereocenters. The molecule has 2 N–H and O–H groups in total. The molecule has 1 atom stereocenters. The van der Waals surface area contributed by atoms with Crippen LogP contribution in [0.5, 0.6) is 5.75 Å². The van der Waals surface area contributed by atoms with E-state index in [1.165, 1.54) is 37.7 Å². The SMILES string of the molecule is CCC1CCC(Oc2c(Br)cccc2CC(C)N)CC1. The summed E-state index contributed by atoms with van der Waals surface area (Å²) in [4.78, 5) is 0. The number of para-hydroxylation sites is 1. The van der Waals surface area contributed by atoms with E-state index >= 15 is 0 Å². The first-order valence-electron chi connectivity index (χ1n) is 7.79. The summed E-state index contributed by atoms with van der Waals surface area (Å²) >= 11 is 3.62. The van der Waals surface area contributed by atoms with Crippen molar-refractivity contribution in [1.29, 1.82) is 0 Å². The van der Waals surface area contributed by atoms with E-state index in [0.29, 0.717) is 6.10 Å². The summed E-state index contributed by atoms with van der Waals surface area (Å²) in [5.74, 6) is 1.90. The van der Waals surface area contributed by atoms with Crippen LogP contribution in [0.3, 0.4) is 0 Å². The summed E-state index contributed by atoms with van der Waals surface area (Å²) < 4.78 is 7.36. The first-order valence-corrected chi connectivity index (χ1v) is 8.59. The zero-order valence-corrected chi connectivity index (χ0v) is 14.2. The van der Waals surface area contributed by atoms with E-state index in [1.807, 2.05) is 6.92 Å². The summed E-state index contributed by atoms with van der Waals surface area (Å²) in [5, 5.41) is 0. The molecule has 0 aromatic heterocycles. The van der Waals surface area contributed by atoms with Gasteiger partial charge in [0.1, 0.15) is 5.75 Å². The zero-order chi connectivity index (χ0) is 14.5. The van der Waals surface area contributed by atoms with E-state index in [1.54, 1.807) is 0 Å². The molecule has 0 heterocycles. The largest absolute Gasteiger partial charge is 0.489 e. The van der Waals surface area contributed by atoms with Gasteiger partial charge in [-0.3, -0.25) is 0 Å². The van der Waals surface area contributed by atoms with Crippen molar-refractivity contribution < 1.29 is 4.74 Å². The van der Waals surface area contributed by atoms with Crippen molar-refractivity contribution in [3.05, 3.63) is 28.2 Å².